The molecule has 0 radical (unpaired) electrons. The van der Waals surface area contributed by atoms with Crippen LogP contribution in [0.1, 0.15) is 20.7 Å². The van der Waals surface area contributed by atoms with Gasteiger partial charge >= 0.3 is 6.29 Å². The van der Waals surface area contributed by atoms with E-state index in [1.165, 1.54) is 7.05 Å². The van der Waals surface area contributed by atoms with Crippen LogP contribution >= 0.6 is 0 Å². The highest BCUT2D eigenvalue weighted by Crippen LogP contribution is 2.43. The molecule has 2 amide bonds. The first-order chi connectivity index (χ1) is 7.89. The summed E-state index contributed by atoms with van der Waals surface area (Å²) in [4.78, 5) is 24.1. The van der Waals surface area contributed by atoms with E-state index in [4.69, 9.17) is 0 Å². The van der Waals surface area contributed by atoms with Crippen molar-refractivity contribution in [2.45, 2.75) is 6.29 Å². The first-order valence-corrected chi connectivity index (χ1v) is 4.65. The van der Waals surface area contributed by atoms with Crippen molar-refractivity contribution in [2.24, 2.45) is 0 Å². The van der Waals surface area contributed by atoms with E-state index in [9.17, 15) is 18.4 Å². The number of hydrogen-bond donors (Lipinski definition) is 0. The van der Waals surface area contributed by atoms with E-state index < -0.39 is 18.1 Å². The van der Waals surface area contributed by atoms with E-state index in [1.54, 1.807) is 0 Å². The van der Waals surface area contributed by atoms with Gasteiger partial charge in [-0.3, -0.25) is 14.5 Å². The van der Waals surface area contributed by atoms with E-state index >= 15 is 0 Å². The molecule has 5 nitrogen and oxygen atoms in total. The van der Waals surface area contributed by atoms with E-state index in [0.717, 1.165) is 17.0 Å². The van der Waals surface area contributed by atoms with Crippen molar-refractivity contribution in [1.82, 2.24) is 4.90 Å². The van der Waals surface area contributed by atoms with Crippen molar-refractivity contribution in [3.63, 3.8) is 0 Å². The van der Waals surface area contributed by atoms with Gasteiger partial charge in [0.05, 0.1) is 11.1 Å². The lowest BCUT2D eigenvalue weighted by Gasteiger charge is -2.05. The highest BCUT2D eigenvalue weighted by atomic mass is 19.3. The second kappa shape index (κ2) is 2.73. The fourth-order valence-electron chi connectivity index (χ4n) is 1.80. The maximum absolute atomic E-state index is 12.8. The molecule has 3 rings (SSSR count). The second-order valence-electron chi connectivity index (χ2n) is 3.68. The van der Waals surface area contributed by atoms with Crippen LogP contribution in [0.3, 0.4) is 0 Å². The summed E-state index contributed by atoms with van der Waals surface area (Å²) in [5.74, 6) is -1.59. The van der Waals surface area contributed by atoms with Gasteiger partial charge in [-0.15, -0.1) is 8.78 Å². The molecule has 0 saturated heterocycles. The Balaban J connectivity index is 2.16. The van der Waals surface area contributed by atoms with Crippen LogP contribution in [0.2, 0.25) is 0 Å². The van der Waals surface area contributed by atoms with Gasteiger partial charge in [0.15, 0.2) is 11.5 Å². The highest BCUT2D eigenvalue weighted by molar-refractivity contribution is 6.21. The molecule has 0 spiro atoms. The summed E-state index contributed by atoms with van der Waals surface area (Å²) in [7, 11) is 1.31. The minimum atomic E-state index is -3.75. The molecule has 7 heteroatoms. The smallest absolute Gasteiger partial charge is 0.395 e. The fraction of sp³-hybridized carbons (Fsp3) is 0.200. The average Bonchev–Trinajstić information content (AvgIpc) is 2.65. The SMILES string of the molecule is CN1C(=O)c2cc3c(cc2C1=O)OC(F)(F)O3. The minimum absolute atomic E-state index is 0.0394. The zero-order valence-corrected chi connectivity index (χ0v) is 8.49. The normalized spacial score (nSPS) is 19.8. The Kier molecular flexibility index (Phi) is 1.61. The number of imide groups is 1. The number of rotatable bonds is 0. The minimum Gasteiger partial charge on any atom is -0.395 e. The molecular weight excluding hydrogens is 236 g/mol. The lowest BCUT2D eigenvalue weighted by Crippen LogP contribution is -2.26. The van der Waals surface area contributed by atoms with Gasteiger partial charge in [-0.2, -0.15) is 0 Å². The largest absolute Gasteiger partial charge is 0.586 e. The van der Waals surface area contributed by atoms with Crippen LogP contribution in [-0.2, 0) is 0 Å². The van der Waals surface area contributed by atoms with Gasteiger partial charge in [0.25, 0.3) is 11.8 Å². The van der Waals surface area contributed by atoms with Crippen LogP contribution in [0, 0.1) is 0 Å². The Hall–Kier alpha value is -2.18. The monoisotopic (exact) mass is 241 g/mol. The van der Waals surface area contributed by atoms with Gasteiger partial charge in [-0.05, 0) is 12.1 Å². The van der Waals surface area contributed by atoms with Gasteiger partial charge in [-0.25, -0.2) is 0 Å². The van der Waals surface area contributed by atoms with Gasteiger partial charge in [-0.1, -0.05) is 0 Å². The molecule has 88 valence electrons. The number of benzene rings is 1. The number of carbonyl (C=O) groups is 2. The molecule has 0 atom stereocenters. The van der Waals surface area contributed by atoms with E-state index in [0.29, 0.717) is 0 Å². The first kappa shape index (κ1) is 10.0. The van der Waals surface area contributed by atoms with E-state index in [-0.39, 0.29) is 22.6 Å². The maximum Gasteiger partial charge on any atom is 0.586 e. The topological polar surface area (TPSA) is 55.8 Å². The Morgan fingerprint density at radius 3 is 1.88 bits per heavy atom. The molecule has 0 unspecified atom stereocenters. The summed E-state index contributed by atoms with van der Waals surface area (Å²) in [6.45, 7) is 0. The Morgan fingerprint density at radius 1 is 1.06 bits per heavy atom. The van der Waals surface area contributed by atoms with Gasteiger partial charge in [0.1, 0.15) is 0 Å². The summed E-state index contributed by atoms with van der Waals surface area (Å²) < 4.78 is 33.9. The van der Waals surface area contributed by atoms with Crippen LogP contribution in [0.25, 0.3) is 0 Å². The van der Waals surface area contributed by atoms with Crippen molar-refractivity contribution in [1.29, 1.82) is 0 Å². The highest BCUT2D eigenvalue weighted by Gasteiger charge is 2.46. The molecule has 0 bridgehead atoms. The molecule has 0 N–H and O–H groups in total. The van der Waals surface area contributed by atoms with Crippen molar-refractivity contribution in [3.05, 3.63) is 23.3 Å². The maximum atomic E-state index is 12.8. The van der Waals surface area contributed by atoms with Crippen LogP contribution < -0.4 is 9.47 Å². The summed E-state index contributed by atoms with van der Waals surface area (Å²) in [6.07, 6.45) is -3.75. The summed E-state index contributed by atoms with van der Waals surface area (Å²) in [6, 6.07) is 2.19. The van der Waals surface area contributed by atoms with Gasteiger partial charge in [0.2, 0.25) is 0 Å². The lowest BCUT2D eigenvalue weighted by molar-refractivity contribution is -0.286. The second-order valence-corrected chi connectivity index (χ2v) is 3.68. The molecule has 2 aliphatic rings. The van der Waals surface area contributed by atoms with Crippen molar-refractivity contribution in [2.75, 3.05) is 7.05 Å². The molecule has 1 aromatic carbocycles. The average molecular weight is 241 g/mol. The van der Waals surface area contributed by atoms with Crippen molar-refractivity contribution >= 4 is 11.8 Å². The standard InChI is InChI=1S/C10H5F2NO4/c1-13-8(14)4-2-6-7(3-5(4)9(13)15)17-10(11,12)16-6/h2-3H,1H3. The van der Waals surface area contributed by atoms with Crippen LogP contribution in [0.5, 0.6) is 11.5 Å². The number of ether oxygens (including phenoxy) is 2. The zero-order chi connectivity index (χ0) is 12.4. The number of fused-ring (bicyclic) bond motifs is 2. The van der Waals surface area contributed by atoms with Crippen LogP contribution in [0.4, 0.5) is 8.78 Å². The number of alkyl halides is 2. The Morgan fingerprint density at radius 2 is 1.47 bits per heavy atom. The van der Waals surface area contributed by atoms with Crippen LogP contribution in [-0.4, -0.2) is 30.1 Å². The van der Waals surface area contributed by atoms with Gasteiger partial charge < -0.3 is 9.47 Å². The first-order valence-electron chi connectivity index (χ1n) is 4.65. The third-order valence-electron chi connectivity index (χ3n) is 2.61. The number of carbonyl (C=O) groups excluding carboxylic acids is 2. The van der Waals surface area contributed by atoms with Crippen LogP contribution in [0.15, 0.2) is 12.1 Å². The molecule has 2 heterocycles. The molecule has 0 saturated carbocycles. The summed E-state index contributed by atoms with van der Waals surface area (Å²) >= 11 is 0. The molecule has 0 aromatic heterocycles. The van der Waals surface area contributed by atoms with Gasteiger partial charge in [0, 0.05) is 7.05 Å². The van der Waals surface area contributed by atoms with Crippen molar-refractivity contribution < 1.29 is 27.8 Å². The molecule has 0 aliphatic carbocycles. The summed E-state index contributed by atoms with van der Waals surface area (Å²) in [5.41, 5.74) is 0.0788. The number of halogens is 2. The van der Waals surface area contributed by atoms with E-state index in [1.807, 2.05) is 0 Å². The zero-order valence-electron chi connectivity index (χ0n) is 8.49. The lowest BCUT2D eigenvalue weighted by atomic mass is 10.1. The predicted octanol–water partition coefficient (Wildman–Crippen LogP) is 1.23. The van der Waals surface area contributed by atoms with Crippen molar-refractivity contribution in [3.8, 4) is 11.5 Å². The fourth-order valence-corrected chi connectivity index (χ4v) is 1.80. The predicted molar refractivity (Wildman–Crippen MR) is 49.1 cm³/mol. The molecule has 1 aromatic rings. The quantitative estimate of drug-likeness (QED) is 0.641. The van der Waals surface area contributed by atoms with E-state index in [2.05, 4.69) is 9.47 Å². The molecular formula is C10H5F2NO4. The Bertz CT molecular complexity index is 523. The number of amides is 2. The summed E-state index contributed by atoms with van der Waals surface area (Å²) in [5, 5.41) is 0. The Labute approximate surface area is 93.5 Å². The molecule has 17 heavy (non-hydrogen) atoms. The third kappa shape index (κ3) is 1.22. The number of hydrogen-bond acceptors (Lipinski definition) is 4. The number of nitrogens with zero attached hydrogens (tertiary/aromatic N) is 1. The molecule has 2 aliphatic heterocycles. The molecule has 0 fully saturated rings. The third-order valence-corrected chi connectivity index (χ3v) is 2.61.